The maximum atomic E-state index is 12.4. The Kier molecular flexibility index (Phi) is 4.15. The predicted octanol–water partition coefficient (Wildman–Crippen LogP) is 3.98. The highest BCUT2D eigenvalue weighted by Gasteiger charge is 2.44. The average Bonchev–Trinajstić information content (AvgIpc) is 3.26. The maximum Gasteiger partial charge on any atom is 0.471 e. The van der Waals surface area contributed by atoms with Gasteiger partial charge in [-0.25, -0.2) is 0 Å². The van der Waals surface area contributed by atoms with Crippen LogP contribution in [-0.4, -0.2) is 30.1 Å². The lowest BCUT2D eigenvalue weighted by Crippen LogP contribution is -2.45. The van der Waals surface area contributed by atoms with E-state index in [2.05, 4.69) is 12.1 Å². The third kappa shape index (κ3) is 3.45. The molecule has 3 rings (SSSR count). The third-order valence-corrected chi connectivity index (χ3v) is 4.93. The van der Waals surface area contributed by atoms with E-state index in [1.54, 1.807) is 0 Å². The molecular formula is C17H20F3NO. The van der Waals surface area contributed by atoms with Gasteiger partial charge in [0.25, 0.3) is 0 Å². The van der Waals surface area contributed by atoms with E-state index in [9.17, 15) is 18.0 Å². The first-order valence-electron chi connectivity index (χ1n) is 7.86. The largest absolute Gasteiger partial charge is 0.471 e. The first-order valence-corrected chi connectivity index (χ1v) is 7.86. The van der Waals surface area contributed by atoms with Crippen molar-refractivity contribution in [3.8, 4) is 0 Å². The van der Waals surface area contributed by atoms with Crippen molar-refractivity contribution in [2.45, 2.75) is 37.8 Å². The molecule has 1 unspecified atom stereocenters. The van der Waals surface area contributed by atoms with Crippen molar-refractivity contribution in [2.24, 2.45) is 11.8 Å². The lowest BCUT2D eigenvalue weighted by atomic mass is 9.90. The number of rotatable bonds is 3. The summed E-state index contributed by atoms with van der Waals surface area (Å²) in [5.41, 5.74) is 1.37. The van der Waals surface area contributed by atoms with Crippen molar-refractivity contribution in [1.29, 1.82) is 0 Å². The molecule has 0 bridgehead atoms. The fourth-order valence-electron chi connectivity index (χ4n) is 3.60. The van der Waals surface area contributed by atoms with Crippen LogP contribution < -0.4 is 0 Å². The molecule has 1 aromatic carbocycles. The van der Waals surface area contributed by atoms with Crippen LogP contribution in [0.5, 0.6) is 0 Å². The van der Waals surface area contributed by atoms with Gasteiger partial charge in [-0.1, -0.05) is 30.3 Å². The molecule has 1 aliphatic heterocycles. The minimum atomic E-state index is -4.73. The highest BCUT2D eigenvalue weighted by molar-refractivity contribution is 5.81. The van der Waals surface area contributed by atoms with Gasteiger partial charge >= 0.3 is 12.1 Å². The van der Waals surface area contributed by atoms with Crippen LogP contribution in [-0.2, 0) is 4.79 Å². The molecule has 0 N–H and O–H groups in total. The average molecular weight is 311 g/mol. The zero-order valence-electron chi connectivity index (χ0n) is 12.4. The Morgan fingerprint density at radius 3 is 2.36 bits per heavy atom. The van der Waals surface area contributed by atoms with Crippen LogP contribution in [0.25, 0.3) is 0 Å². The Labute approximate surface area is 128 Å². The summed E-state index contributed by atoms with van der Waals surface area (Å²) in [6, 6.07) is 10.4. The number of hydrogen-bond acceptors (Lipinski definition) is 1. The monoisotopic (exact) mass is 311 g/mol. The summed E-state index contributed by atoms with van der Waals surface area (Å²) in [5, 5.41) is 0. The van der Waals surface area contributed by atoms with Gasteiger partial charge in [0.15, 0.2) is 0 Å². The summed E-state index contributed by atoms with van der Waals surface area (Å²) < 4.78 is 37.2. The van der Waals surface area contributed by atoms with Crippen molar-refractivity contribution in [3.63, 3.8) is 0 Å². The van der Waals surface area contributed by atoms with Crippen LogP contribution in [0.1, 0.15) is 37.2 Å². The second kappa shape index (κ2) is 5.94. The lowest BCUT2D eigenvalue weighted by molar-refractivity contribution is -0.186. The van der Waals surface area contributed by atoms with E-state index in [0.29, 0.717) is 30.6 Å². The highest BCUT2D eigenvalue weighted by atomic mass is 19.4. The minimum absolute atomic E-state index is 0.242. The van der Waals surface area contributed by atoms with E-state index in [1.807, 2.05) is 18.2 Å². The summed E-state index contributed by atoms with van der Waals surface area (Å²) in [6.07, 6.45) is -1.08. The summed E-state index contributed by atoms with van der Waals surface area (Å²) in [6.45, 7) is 0.484. The van der Waals surface area contributed by atoms with E-state index < -0.39 is 12.1 Å². The molecule has 1 saturated heterocycles. The fraction of sp³-hybridized carbons (Fsp3) is 0.588. The zero-order valence-corrected chi connectivity index (χ0v) is 12.4. The number of carbonyl (C=O) groups excluding carboxylic acids is 1. The maximum absolute atomic E-state index is 12.4. The Bertz CT molecular complexity index is 520. The molecule has 5 heteroatoms. The van der Waals surface area contributed by atoms with Gasteiger partial charge in [0, 0.05) is 13.1 Å². The van der Waals surface area contributed by atoms with Crippen LogP contribution in [0.3, 0.4) is 0 Å². The quantitative estimate of drug-likeness (QED) is 0.827. The van der Waals surface area contributed by atoms with Gasteiger partial charge in [0.05, 0.1) is 0 Å². The molecule has 1 heterocycles. The molecule has 22 heavy (non-hydrogen) atoms. The number of nitrogens with zero attached hydrogens (tertiary/aromatic N) is 1. The van der Waals surface area contributed by atoms with Gasteiger partial charge in [0.2, 0.25) is 0 Å². The highest BCUT2D eigenvalue weighted by Crippen LogP contribution is 2.51. The molecular weight excluding hydrogens is 291 g/mol. The van der Waals surface area contributed by atoms with Crippen molar-refractivity contribution in [3.05, 3.63) is 35.9 Å². The Morgan fingerprint density at radius 1 is 1.14 bits per heavy atom. The van der Waals surface area contributed by atoms with Crippen molar-refractivity contribution in [1.82, 2.24) is 4.90 Å². The smallest absolute Gasteiger partial charge is 0.335 e. The van der Waals surface area contributed by atoms with E-state index >= 15 is 0 Å². The van der Waals surface area contributed by atoms with E-state index in [4.69, 9.17) is 0 Å². The van der Waals surface area contributed by atoms with Crippen LogP contribution in [0.4, 0.5) is 13.2 Å². The van der Waals surface area contributed by atoms with Gasteiger partial charge < -0.3 is 4.90 Å². The third-order valence-electron chi connectivity index (χ3n) is 4.93. The summed E-state index contributed by atoms with van der Waals surface area (Å²) in [4.78, 5) is 12.2. The number of carbonyl (C=O) groups is 1. The second-order valence-electron chi connectivity index (χ2n) is 6.48. The number of piperidine rings is 1. The van der Waals surface area contributed by atoms with Crippen LogP contribution in [0, 0.1) is 11.8 Å². The fourth-order valence-corrected chi connectivity index (χ4v) is 3.60. The SMILES string of the molecule is O=C(N1CCC(C[C@@H]2CC2c2ccccc2)CC1)C(F)(F)F. The molecule has 1 amide bonds. The number of hydrogen-bond donors (Lipinski definition) is 0. The van der Waals surface area contributed by atoms with E-state index in [0.717, 1.165) is 11.3 Å². The van der Waals surface area contributed by atoms with Gasteiger partial charge in [-0.3, -0.25) is 4.79 Å². The van der Waals surface area contributed by atoms with Crippen molar-refractivity contribution >= 4 is 5.91 Å². The standard InChI is InChI=1S/C17H20F3NO/c18-17(19,20)16(22)21-8-6-12(7-9-21)10-14-11-15(14)13-4-2-1-3-5-13/h1-5,12,14-15H,6-11H2/t14-,15?/m1/s1. The normalized spacial score (nSPS) is 26.0. The molecule has 0 spiro atoms. The molecule has 2 fully saturated rings. The lowest BCUT2D eigenvalue weighted by Gasteiger charge is -2.32. The number of halogens is 3. The molecule has 2 atom stereocenters. The molecule has 1 aromatic rings. The Hall–Kier alpha value is -1.52. The predicted molar refractivity (Wildman–Crippen MR) is 77.3 cm³/mol. The van der Waals surface area contributed by atoms with E-state index in [-0.39, 0.29) is 13.1 Å². The van der Waals surface area contributed by atoms with E-state index in [1.165, 1.54) is 12.0 Å². The molecule has 0 radical (unpaired) electrons. The van der Waals surface area contributed by atoms with Crippen molar-refractivity contribution < 1.29 is 18.0 Å². The molecule has 1 aliphatic carbocycles. The zero-order chi connectivity index (χ0) is 15.7. The number of amides is 1. The summed E-state index contributed by atoms with van der Waals surface area (Å²) in [5.74, 6) is 0.0591. The Morgan fingerprint density at radius 2 is 1.77 bits per heavy atom. The van der Waals surface area contributed by atoms with Crippen LogP contribution in [0.2, 0.25) is 0 Å². The summed E-state index contributed by atoms with van der Waals surface area (Å²) >= 11 is 0. The number of alkyl halides is 3. The molecule has 2 aliphatic rings. The molecule has 2 nitrogen and oxygen atoms in total. The second-order valence-corrected chi connectivity index (χ2v) is 6.48. The topological polar surface area (TPSA) is 20.3 Å². The first kappa shape index (κ1) is 15.4. The van der Waals surface area contributed by atoms with Gasteiger partial charge in [-0.05, 0) is 49.0 Å². The number of benzene rings is 1. The van der Waals surface area contributed by atoms with Gasteiger partial charge in [-0.15, -0.1) is 0 Å². The first-order chi connectivity index (χ1) is 10.4. The van der Waals surface area contributed by atoms with Crippen molar-refractivity contribution in [2.75, 3.05) is 13.1 Å². The van der Waals surface area contributed by atoms with Gasteiger partial charge in [-0.2, -0.15) is 13.2 Å². The van der Waals surface area contributed by atoms with Crippen LogP contribution in [0.15, 0.2) is 30.3 Å². The Balaban J connectivity index is 1.45. The minimum Gasteiger partial charge on any atom is -0.335 e. The molecule has 1 saturated carbocycles. The number of likely N-dealkylation sites (tertiary alicyclic amines) is 1. The molecule has 0 aromatic heterocycles. The molecule has 120 valence electrons. The van der Waals surface area contributed by atoms with Gasteiger partial charge in [0.1, 0.15) is 0 Å². The van der Waals surface area contributed by atoms with Crippen LogP contribution >= 0.6 is 0 Å². The summed E-state index contributed by atoms with van der Waals surface area (Å²) in [7, 11) is 0.